The van der Waals surface area contributed by atoms with Crippen molar-refractivity contribution >= 4 is 17.9 Å². The molecule has 1 aromatic carbocycles. The highest BCUT2D eigenvalue weighted by atomic mass is 16.5. The van der Waals surface area contributed by atoms with Crippen LogP contribution in [-0.4, -0.2) is 83.1 Å². The highest BCUT2D eigenvalue weighted by molar-refractivity contribution is 6.00. The van der Waals surface area contributed by atoms with Crippen molar-refractivity contribution in [3.05, 3.63) is 34.9 Å². The van der Waals surface area contributed by atoms with E-state index in [1.807, 2.05) is 0 Å². The molecule has 10 nitrogen and oxygen atoms in total. The standard InChI is InChI=1S/C13H14O8.C2H6O2/c14-1-3-20-12(18)9-5-8(11(16)17)6-10(7-9)13(19)21-4-2-15;3-1-2-4/h5-7,14-15H,1-4H2,(H,16,17);3-4H,1-2H2. The van der Waals surface area contributed by atoms with Gasteiger partial charge in [0, 0.05) is 0 Å². The van der Waals surface area contributed by atoms with E-state index < -0.39 is 17.9 Å². The number of carboxylic acids is 1. The third-order valence-electron chi connectivity index (χ3n) is 2.40. The van der Waals surface area contributed by atoms with Gasteiger partial charge in [-0.2, -0.15) is 0 Å². The zero-order valence-corrected chi connectivity index (χ0v) is 13.3. The number of carbonyl (C=O) groups is 3. The van der Waals surface area contributed by atoms with Crippen molar-refractivity contribution in [2.75, 3.05) is 39.6 Å². The SMILES string of the molecule is O=C(O)c1cc(C(=O)OCCO)cc(C(=O)OCCO)c1.OCCO. The zero-order valence-electron chi connectivity index (χ0n) is 13.3. The summed E-state index contributed by atoms with van der Waals surface area (Å²) < 4.78 is 9.31. The highest BCUT2D eigenvalue weighted by Gasteiger charge is 2.17. The molecule has 0 saturated heterocycles. The van der Waals surface area contributed by atoms with Crippen molar-refractivity contribution in [1.82, 2.24) is 0 Å². The lowest BCUT2D eigenvalue weighted by molar-refractivity contribution is 0.0430. The number of aliphatic hydroxyl groups is 4. The third kappa shape index (κ3) is 8.77. The number of aromatic carboxylic acids is 1. The van der Waals surface area contributed by atoms with E-state index in [1.54, 1.807) is 0 Å². The van der Waals surface area contributed by atoms with E-state index in [1.165, 1.54) is 0 Å². The fourth-order valence-electron chi connectivity index (χ4n) is 1.43. The van der Waals surface area contributed by atoms with Crippen molar-refractivity contribution in [2.24, 2.45) is 0 Å². The molecule has 1 aromatic rings. The first-order chi connectivity index (χ1) is 11.9. The molecule has 0 aromatic heterocycles. The Kier molecular flexibility index (Phi) is 11.5. The van der Waals surface area contributed by atoms with Crippen LogP contribution in [0.2, 0.25) is 0 Å². The molecule has 0 saturated carbocycles. The summed E-state index contributed by atoms with van der Waals surface area (Å²) in [5, 5.41) is 41.4. The van der Waals surface area contributed by atoms with Crippen molar-refractivity contribution in [3.63, 3.8) is 0 Å². The minimum absolute atomic E-state index is 0.125. The number of hydrogen-bond acceptors (Lipinski definition) is 9. The van der Waals surface area contributed by atoms with Crippen molar-refractivity contribution in [3.8, 4) is 0 Å². The van der Waals surface area contributed by atoms with Gasteiger partial charge in [0.05, 0.1) is 43.1 Å². The molecule has 140 valence electrons. The van der Waals surface area contributed by atoms with Crippen LogP contribution in [0.25, 0.3) is 0 Å². The lowest BCUT2D eigenvalue weighted by atomic mass is 10.1. The highest BCUT2D eigenvalue weighted by Crippen LogP contribution is 2.13. The van der Waals surface area contributed by atoms with Crippen LogP contribution in [0.4, 0.5) is 0 Å². The van der Waals surface area contributed by atoms with E-state index in [0.717, 1.165) is 18.2 Å². The molecule has 0 aliphatic rings. The van der Waals surface area contributed by atoms with Crippen LogP contribution in [0.5, 0.6) is 0 Å². The van der Waals surface area contributed by atoms with Gasteiger partial charge in [0.15, 0.2) is 0 Å². The first kappa shape index (κ1) is 22.5. The Labute approximate surface area is 142 Å². The van der Waals surface area contributed by atoms with Gasteiger partial charge >= 0.3 is 17.9 Å². The Morgan fingerprint density at radius 1 is 0.680 bits per heavy atom. The molecule has 0 atom stereocenters. The number of esters is 2. The summed E-state index contributed by atoms with van der Waals surface area (Å²) >= 11 is 0. The van der Waals surface area contributed by atoms with Gasteiger partial charge in [-0.15, -0.1) is 0 Å². The fourth-order valence-corrected chi connectivity index (χ4v) is 1.43. The van der Waals surface area contributed by atoms with Gasteiger partial charge in [-0.3, -0.25) is 0 Å². The van der Waals surface area contributed by atoms with E-state index in [-0.39, 0.29) is 56.3 Å². The van der Waals surface area contributed by atoms with E-state index >= 15 is 0 Å². The van der Waals surface area contributed by atoms with Crippen molar-refractivity contribution in [2.45, 2.75) is 0 Å². The first-order valence-electron chi connectivity index (χ1n) is 7.07. The van der Waals surface area contributed by atoms with Crippen LogP contribution in [-0.2, 0) is 9.47 Å². The van der Waals surface area contributed by atoms with Crippen LogP contribution in [0.3, 0.4) is 0 Å². The number of aliphatic hydroxyl groups excluding tert-OH is 4. The predicted molar refractivity (Wildman–Crippen MR) is 82.3 cm³/mol. The number of carbonyl (C=O) groups excluding carboxylic acids is 2. The van der Waals surface area contributed by atoms with Gasteiger partial charge in [0.25, 0.3) is 0 Å². The topological polar surface area (TPSA) is 171 Å². The van der Waals surface area contributed by atoms with Gasteiger partial charge in [0.1, 0.15) is 13.2 Å². The summed E-state index contributed by atoms with van der Waals surface area (Å²) in [6, 6.07) is 3.21. The second-order valence-corrected chi connectivity index (χ2v) is 4.27. The molecule has 1 rings (SSSR count). The molecule has 0 amide bonds. The van der Waals surface area contributed by atoms with Crippen molar-refractivity contribution < 1.29 is 49.4 Å². The minimum Gasteiger partial charge on any atom is -0.478 e. The maximum atomic E-state index is 11.6. The van der Waals surface area contributed by atoms with E-state index in [4.69, 9.17) is 25.5 Å². The Balaban J connectivity index is 0.00000129. The molecule has 5 N–H and O–H groups in total. The maximum absolute atomic E-state index is 11.6. The Morgan fingerprint density at radius 3 is 1.32 bits per heavy atom. The molecule has 0 unspecified atom stereocenters. The average Bonchev–Trinajstić information content (AvgIpc) is 2.63. The van der Waals surface area contributed by atoms with Gasteiger partial charge in [-0.05, 0) is 18.2 Å². The van der Waals surface area contributed by atoms with Gasteiger partial charge < -0.3 is 35.0 Å². The zero-order chi connectivity index (χ0) is 19.2. The van der Waals surface area contributed by atoms with Crippen LogP contribution < -0.4 is 0 Å². The lowest BCUT2D eigenvalue weighted by Gasteiger charge is -2.07. The smallest absolute Gasteiger partial charge is 0.338 e. The fraction of sp³-hybridized carbons (Fsp3) is 0.400. The maximum Gasteiger partial charge on any atom is 0.338 e. The summed E-state index contributed by atoms with van der Waals surface area (Å²) in [7, 11) is 0. The molecule has 0 heterocycles. The predicted octanol–water partition coefficient (Wildman–Crippen LogP) is -1.35. The Hall–Kier alpha value is -2.53. The van der Waals surface area contributed by atoms with Gasteiger partial charge in [0.2, 0.25) is 0 Å². The van der Waals surface area contributed by atoms with Gasteiger partial charge in [-0.1, -0.05) is 0 Å². The molecule has 0 radical (unpaired) electrons. The monoisotopic (exact) mass is 360 g/mol. The number of carboxylic acid groups (broad SMARTS) is 1. The molecular formula is C15H20O10. The summed E-state index contributed by atoms with van der Waals surface area (Å²) in [5.41, 5.74) is -0.594. The molecule has 25 heavy (non-hydrogen) atoms. The summed E-state index contributed by atoms with van der Waals surface area (Å²) in [6.45, 7) is -1.51. The molecule has 10 heteroatoms. The number of hydrogen-bond donors (Lipinski definition) is 5. The Bertz CT molecular complexity index is 529. The molecule has 0 aliphatic carbocycles. The number of rotatable bonds is 8. The van der Waals surface area contributed by atoms with Crippen LogP contribution >= 0.6 is 0 Å². The average molecular weight is 360 g/mol. The van der Waals surface area contributed by atoms with Crippen LogP contribution in [0.1, 0.15) is 31.1 Å². The molecular weight excluding hydrogens is 340 g/mol. The molecule has 0 fully saturated rings. The molecule has 0 spiro atoms. The quantitative estimate of drug-likeness (QED) is 0.349. The largest absolute Gasteiger partial charge is 0.478 e. The summed E-state index contributed by atoms with van der Waals surface area (Å²) in [5.74, 6) is -3.07. The second-order valence-electron chi connectivity index (χ2n) is 4.27. The summed E-state index contributed by atoms with van der Waals surface area (Å²) in [6.07, 6.45) is 0. The first-order valence-corrected chi connectivity index (χ1v) is 7.07. The summed E-state index contributed by atoms with van der Waals surface area (Å²) in [4.78, 5) is 34.3. The normalized spacial score (nSPS) is 9.60. The number of ether oxygens (including phenoxy) is 2. The van der Waals surface area contributed by atoms with E-state index in [9.17, 15) is 14.4 Å². The third-order valence-corrected chi connectivity index (χ3v) is 2.40. The van der Waals surface area contributed by atoms with E-state index in [2.05, 4.69) is 9.47 Å². The second kappa shape index (κ2) is 12.8. The molecule has 0 aliphatic heterocycles. The number of benzene rings is 1. The lowest BCUT2D eigenvalue weighted by Crippen LogP contribution is -2.14. The van der Waals surface area contributed by atoms with E-state index in [0.29, 0.717) is 0 Å². The van der Waals surface area contributed by atoms with Crippen LogP contribution in [0, 0.1) is 0 Å². The van der Waals surface area contributed by atoms with Gasteiger partial charge in [-0.25, -0.2) is 14.4 Å². The molecule has 0 bridgehead atoms. The van der Waals surface area contributed by atoms with Crippen LogP contribution in [0.15, 0.2) is 18.2 Å². The Morgan fingerprint density at radius 2 is 1.04 bits per heavy atom. The van der Waals surface area contributed by atoms with Crippen molar-refractivity contribution in [1.29, 1.82) is 0 Å². The minimum atomic E-state index is -1.33.